The molecule has 0 fully saturated rings. The normalized spacial score (nSPS) is 12.0. The molecular formula is C14H19NO6. The van der Waals surface area contributed by atoms with Gasteiger partial charge in [-0.3, -0.25) is 14.5 Å². The summed E-state index contributed by atoms with van der Waals surface area (Å²) < 4.78 is 10.5. The predicted molar refractivity (Wildman–Crippen MR) is 74.8 cm³/mol. The lowest BCUT2D eigenvalue weighted by atomic mass is 10.0. The third-order valence-electron chi connectivity index (χ3n) is 2.86. The van der Waals surface area contributed by atoms with Crippen molar-refractivity contribution in [1.82, 2.24) is 4.90 Å². The first kappa shape index (κ1) is 16.8. The third kappa shape index (κ3) is 4.35. The van der Waals surface area contributed by atoms with Crippen LogP contribution in [0, 0.1) is 0 Å². The SMILES string of the molecule is CCOc1cc(C(C(=O)O)N(C)CC(=O)O)ccc1OC. The van der Waals surface area contributed by atoms with Crippen molar-refractivity contribution in [2.75, 3.05) is 27.3 Å². The van der Waals surface area contributed by atoms with Crippen LogP contribution in [-0.2, 0) is 9.59 Å². The monoisotopic (exact) mass is 297 g/mol. The number of carboxylic acid groups (broad SMARTS) is 2. The summed E-state index contributed by atoms with van der Waals surface area (Å²) in [6.45, 7) is 1.83. The maximum atomic E-state index is 11.4. The second-order valence-electron chi connectivity index (χ2n) is 4.39. The van der Waals surface area contributed by atoms with Gasteiger partial charge >= 0.3 is 11.9 Å². The number of rotatable bonds is 8. The number of nitrogens with zero attached hydrogens (tertiary/aromatic N) is 1. The van der Waals surface area contributed by atoms with Crippen LogP contribution in [0.5, 0.6) is 11.5 Å². The molecule has 0 amide bonds. The van der Waals surface area contributed by atoms with E-state index in [4.69, 9.17) is 14.6 Å². The molecular weight excluding hydrogens is 278 g/mol. The third-order valence-corrected chi connectivity index (χ3v) is 2.86. The van der Waals surface area contributed by atoms with Crippen LogP contribution in [0.15, 0.2) is 18.2 Å². The van der Waals surface area contributed by atoms with Crippen molar-refractivity contribution in [2.45, 2.75) is 13.0 Å². The Hall–Kier alpha value is -2.28. The number of carbonyl (C=O) groups is 2. The van der Waals surface area contributed by atoms with Crippen molar-refractivity contribution >= 4 is 11.9 Å². The molecule has 0 bridgehead atoms. The van der Waals surface area contributed by atoms with Gasteiger partial charge in [-0.2, -0.15) is 0 Å². The first-order valence-corrected chi connectivity index (χ1v) is 6.36. The van der Waals surface area contributed by atoms with E-state index in [1.807, 2.05) is 0 Å². The molecule has 0 saturated carbocycles. The summed E-state index contributed by atoms with van der Waals surface area (Å²) in [5, 5.41) is 18.2. The molecule has 7 heteroatoms. The van der Waals surface area contributed by atoms with Crippen LogP contribution in [0.4, 0.5) is 0 Å². The van der Waals surface area contributed by atoms with Gasteiger partial charge in [-0.05, 0) is 31.7 Å². The lowest BCUT2D eigenvalue weighted by Crippen LogP contribution is -2.34. The predicted octanol–water partition coefficient (Wildman–Crippen LogP) is 1.24. The topological polar surface area (TPSA) is 96.3 Å². The van der Waals surface area contributed by atoms with E-state index >= 15 is 0 Å². The van der Waals surface area contributed by atoms with Gasteiger partial charge in [-0.25, -0.2) is 0 Å². The summed E-state index contributed by atoms with van der Waals surface area (Å²) in [6.07, 6.45) is 0. The summed E-state index contributed by atoms with van der Waals surface area (Å²) in [6, 6.07) is 3.66. The van der Waals surface area contributed by atoms with Crippen LogP contribution < -0.4 is 9.47 Å². The molecule has 1 atom stereocenters. The summed E-state index contributed by atoms with van der Waals surface area (Å²) in [5.41, 5.74) is 0.426. The van der Waals surface area contributed by atoms with Crippen LogP contribution >= 0.6 is 0 Å². The Morgan fingerprint density at radius 3 is 2.43 bits per heavy atom. The number of ether oxygens (including phenoxy) is 2. The maximum Gasteiger partial charge on any atom is 0.325 e. The van der Waals surface area contributed by atoms with E-state index in [1.54, 1.807) is 25.1 Å². The number of hydrogen-bond acceptors (Lipinski definition) is 5. The van der Waals surface area contributed by atoms with Crippen LogP contribution in [0.3, 0.4) is 0 Å². The number of methoxy groups -OCH3 is 1. The summed E-state index contributed by atoms with van der Waals surface area (Å²) in [5.74, 6) is -1.31. The van der Waals surface area contributed by atoms with E-state index in [9.17, 15) is 14.7 Å². The smallest absolute Gasteiger partial charge is 0.325 e. The Bertz CT molecular complexity index is 516. The molecule has 0 saturated heterocycles. The largest absolute Gasteiger partial charge is 0.493 e. The van der Waals surface area contributed by atoms with Gasteiger partial charge in [0.2, 0.25) is 0 Å². The van der Waals surface area contributed by atoms with Gasteiger partial charge in [0.05, 0.1) is 20.3 Å². The van der Waals surface area contributed by atoms with Crippen LogP contribution in [0.2, 0.25) is 0 Å². The molecule has 0 spiro atoms. The Morgan fingerprint density at radius 1 is 1.29 bits per heavy atom. The van der Waals surface area contributed by atoms with E-state index in [0.717, 1.165) is 0 Å². The van der Waals surface area contributed by atoms with Crippen molar-refractivity contribution in [2.24, 2.45) is 0 Å². The fourth-order valence-corrected chi connectivity index (χ4v) is 2.02. The molecule has 0 radical (unpaired) electrons. The molecule has 116 valence electrons. The summed E-state index contributed by atoms with van der Waals surface area (Å²) in [7, 11) is 2.93. The molecule has 1 aromatic rings. The lowest BCUT2D eigenvalue weighted by molar-refractivity contribution is -0.145. The van der Waals surface area contributed by atoms with E-state index in [2.05, 4.69) is 0 Å². The fraction of sp³-hybridized carbons (Fsp3) is 0.429. The van der Waals surface area contributed by atoms with Gasteiger partial charge in [0.15, 0.2) is 11.5 Å². The molecule has 0 aliphatic heterocycles. The first-order chi connectivity index (χ1) is 9.90. The molecule has 0 aliphatic rings. The number of hydrogen-bond donors (Lipinski definition) is 2. The molecule has 21 heavy (non-hydrogen) atoms. The number of likely N-dealkylation sites (N-methyl/N-ethyl adjacent to an activating group) is 1. The van der Waals surface area contributed by atoms with Crippen molar-refractivity contribution in [3.8, 4) is 11.5 Å². The number of carboxylic acids is 2. The number of aliphatic carboxylic acids is 2. The van der Waals surface area contributed by atoms with Gasteiger partial charge in [0.25, 0.3) is 0 Å². The van der Waals surface area contributed by atoms with Gasteiger partial charge in [0, 0.05) is 0 Å². The minimum absolute atomic E-state index is 0.382. The van der Waals surface area contributed by atoms with E-state index < -0.39 is 18.0 Å². The average Bonchev–Trinajstić information content (AvgIpc) is 2.38. The summed E-state index contributed by atoms with van der Waals surface area (Å²) in [4.78, 5) is 23.4. The highest BCUT2D eigenvalue weighted by atomic mass is 16.5. The van der Waals surface area contributed by atoms with E-state index in [0.29, 0.717) is 23.7 Å². The molecule has 7 nitrogen and oxygen atoms in total. The minimum atomic E-state index is -1.13. The molecule has 0 aromatic heterocycles. The highest BCUT2D eigenvalue weighted by Crippen LogP contribution is 2.32. The minimum Gasteiger partial charge on any atom is -0.493 e. The summed E-state index contributed by atoms with van der Waals surface area (Å²) >= 11 is 0. The van der Waals surface area contributed by atoms with E-state index in [-0.39, 0.29) is 6.54 Å². The molecule has 1 unspecified atom stereocenters. The van der Waals surface area contributed by atoms with Crippen LogP contribution in [0.25, 0.3) is 0 Å². The van der Waals surface area contributed by atoms with Gasteiger partial charge in [-0.1, -0.05) is 6.07 Å². The Labute approximate surface area is 122 Å². The molecule has 1 rings (SSSR count). The van der Waals surface area contributed by atoms with Gasteiger partial charge in [-0.15, -0.1) is 0 Å². The zero-order chi connectivity index (χ0) is 16.0. The molecule has 2 N–H and O–H groups in total. The van der Waals surface area contributed by atoms with Crippen LogP contribution in [0.1, 0.15) is 18.5 Å². The Balaban J connectivity index is 3.16. The van der Waals surface area contributed by atoms with Crippen LogP contribution in [-0.4, -0.2) is 54.4 Å². The number of benzene rings is 1. The standard InChI is InChI=1S/C14H19NO6/c1-4-21-11-7-9(5-6-10(11)20-3)13(14(18)19)15(2)8-12(16)17/h5-7,13H,4,8H2,1-3H3,(H,16,17)(H,18,19). The first-order valence-electron chi connectivity index (χ1n) is 6.36. The molecule has 0 heterocycles. The zero-order valence-electron chi connectivity index (χ0n) is 12.2. The lowest BCUT2D eigenvalue weighted by Gasteiger charge is -2.24. The van der Waals surface area contributed by atoms with Crippen molar-refractivity contribution in [3.05, 3.63) is 23.8 Å². The molecule has 1 aromatic carbocycles. The Morgan fingerprint density at radius 2 is 1.95 bits per heavy atom. The van der Waals surface area contributed by atoms with E-state index in [1.165, 1.54) is 19.1 Å². The fourth-order valence-electron chi connectivity index (χ4n) is 2.02. The maximum absolute atomic E-state index is 11.4. The second-order valence-corrected chi connectivity index (χ2v) is 4.39. The highest BCUT2D eigenvalue weighted by molar-refractivity contribution is 5.77. The van der Waals surface area contributed by atoms with Gasteiger partial charge in [0.1, 0.15) is 6.04 Å². The van der Waals surface area contributed by atoms with Gasteiger partial charge < -0.3 is 19.7 Å². The molecule has 0 aliphatic carbocycles. The van der Waals surface area contributed by atoms with Crippen molar-refractivity contribution in [3.63, 3.8) is 0 Å². The zero-order valence-corrected chi connectivity index (χ0v) is 12.2. The van der Waals surface area contributed by atoms with Crippen molar-refractivity contribution in [1.29, 1.82) is 0 Å². The average molecular weight is 297 g/mol. The second kappa shape index (κ2) is 7.49. The highest BCUT2D eigenvalue weighted by Gasteiger charge is 2.27. The van der Waals surface area contributed by atoms with Crippen molar-refractivity contribution < 1.29 is 29.3 Å². The quantitative estimate of drug-likeness (QED) is 0.745. The Kier molecular flexibility index (Phi) is 5.98.